The van der Waals surface area contributed by atoms with E-state index in [9.17, 15) is 0 Å². The van der Waals surface area contributed by atoms with E-state index in [-0.39, 0.29) is 0 Å². The van der Waals surface area contributed by atoms with Gasteiger partial charge in [0.25, 0.3) is 0 Å². The third-order valence-corrected chi connectivity index (χ3v) is 5.72. The van der Waals surface area contributed by atoms with Crippen LogP contribution in [0.2, 0.25) is 0 Å². The van der Waals surface area contributed by atoms with Gasteiger partial charge in [0.1, 0.15) is 11.8 Å². The van der Waals surface area contributed by atoms with Crippen LogP contribution in [0.25, 0.3) is 22.3 Å². The number of nitrogens with two attached hydrogens (primary N) is 1. The average molecular weight is 383 g/mol. The zero-order valence-corrected chi connectivity index (χ0v) is 16.2. The molecule has 6 heteroatoms. The van der Waals surface area contributed by atoms with Crippen LogP contribution in [0.5, 0.6) is 0 Å². The molecule has 0 atom stereocenters. The van der Waals surface area contributed by atoms with Gasteiger partial charge in [0.05, 0.1) is 6.33 Å². The van der Waals surface area contributed by atoms with Crippen LogP contribution < -0.4 is 5.73 Å². The van der Waals surface area contributed by atoms with Crippen LogP contribution in [0.3, 0.4) is 0 Å². The molecule has 0 amide bonds. The van der Waals surface area contributed by atoms with E-state index in [0.717, 1.165) is 43.7 Å². The van der Waals surface area contributed by atoms with Crippen LogP contribution in [0.15, 0.2) is 61.2 Å². The first-order valence-corrected chi connectivity index (χ1v) is 9.99. The maximum atomic E-state index is 5.92. The molecule has 5 rings (SSSR count). The Labute approximate surface area is 170 Å². The van der Waals surface area contributed by atoms with E-state index in [1.165, 1.54) is 17.5 Å². The van der Waals surface area contributed by atoms with Gasteiger partial charge in [0.15, 0.2) is 11.5 Å². The molecule has 0 saturated carbocycles. The molecule has 3 heterocycles. The molecular weight excluding hydrogens is 360 g/mol. The molecule has 2 N–H and O–H groups in total. The second kappa shape index (κ2) is 7.64. The molecule has 1 radical (unpaired) electrons. The van der Waals surface area contributed by atoms with Crippen LogP contribution in [0.1, 0.15) is 24.4 Å². The first-order valence-electron chi connectivity index (χ1n) is 9.99. The monoisotopic (exact) mass is 383 g/mol. The van der Waals surface area contributed by atoms with E-state index in [1.807, 2.05) is 24.5 Å². The second-order valence-corrected chi connectivity index (χ2v) is 7.56. The summed E-state index contributed by atoms with van der Waals surface area (Å²) in [4.78, 5) is 15.3. The number of imidazole rings is 1. The lowest BCUT2D eigenvalue weighted by Gasteiger charge is -2.32. The van der Waals surface area contributed by atoms with Gasteiger partial charge in [-0.25, -0.2) is 15.0 Å². The molecule has 1 aliphatic rings. The normalized spacial score (nSPS) is 15.7. The summed E-state index contributed by atoms with van der Waals surface area (Å²) in [5, 5.41) is 0. The highest BCUT2D eigenvalue weighted by molar-refractivity contribution is 5.81. The quantitative estimate of drug-likeness (QED) is 0.582. The largest absolute Gasteiger partial charge is 0.382 e. The van der Waals surface area contributed by atoms with Crippen molar-refractivity contribution in [2.24, 2.45) is 0 Å². The van der Waals surface area contributed by atoms with E-state index in [1.54, 1.807) is 0 Å². The smallest absolute Gasteiger partial charge is 0.165 e. The Morgan fingerprint density at radius 1 is 1.00 bits per heavy atom. The van der Waals surface area contributed by atoms with E-state index < -0.39 is 0 Å². The van der Waals surface area contributed by atoms with Crippen molar-refractivity contribution < 1.29 is 0 Å². The molecule has 6 nitrogen and oxygen atoms in total. The zero-order valence-electron chi connectivity index (χ0n) is 16.2. The molecule has 145 valence electrons. The second-order valence-electron chi connectivity index (χ2n) is 7.56. The third-order valence-electron chi connectivity index (χ3n) is 5.72. The van der Waals surface area contributed by atoms with E-state index >= 15 is 0 Å². The van der Waals surface area contributed by atoms with Crippen molar-refractivity contribution in [3.63, 3.8) is 0 Å². The van der Waals surface area contributed by atoms with Gasteiger partial charge in [0.2, 0.25) is 0 Å². The summed E-state index contributed by atoms with van der Waals surface area (Å²) in [6.07, 6.45) is 5.52. The van der Waals surface area contributed by atoms with Crippen LogP contribution in [0, 0.1) is 6.07 Å². The number of piperidine rings is 1. The molecule has 1 aliphatic heterocycles. The number of benzene rings is 2. The molecule has 0 aliphatic carbocycles. The van der Waals surface area contributed by atoms with Gasteiger partial charge < -0.3 is 10.3 Å². The number of nitrogen functional groups attached to an aromatic ring is 1. The van der Waals surface area contributed by atoms with Crippen molar-refractivity contribution in [1.82, 2.24) is 24.4 Å². The molecule has 0 spiro atoms. The van der Waals surface area contributed by atoms with Crippen molar-refractivity contribution in [3.8, 4) is 11.1 Å². The number of hydrogen-bond donors (Lipinski definition) is 1. The first kappa shape index (κ1) is 17.8. The number of hydrogen-bond acceptors (Lipinski definition) is 5. The van der Waals surface area contributed by atoms with Crippen molar-refractivity contribution in [1.29, 1.82) is 0 Å². The maximum Gasteiger partial charge on any atom is 0.165 e. The minimum absolute atomic E-state index is 0.404. The molecule has 2 aromatic heterocycles. The average Bonchev–Trinajstić information content (AvgIpc) is 3.21. The number of nitrogens with zero attached hydrogens (tertiary/aromatic N) is 5. The standard InChI is InChI=1S/C23H23N6/c24-22-21-23(26-15-25-22)29(16-27-21)20-10-12-28(13-11-20)14-17-6-8-19(9-7-17)18-4-2-1-3-5-18/h1-4,6-9,15-16,20H,10-14H2,(H2,24,25,26). The van der Waals surface area contributed by atoms with Crippen LogP contribution in [-0.2, 0) is 6.54 Å². The predicted octanol–water partition coefficient (Wildman–Crippen LogP) is 3.71. The van der Waals surface area contributed by atoms with E-state index in [2.05, 4.69) is 60.8 Å². The lowest BCUT2D eigenvalue weighted by Crippen LogP contribution is -2.34. The van der Waals surface area contributed by atoms with Gasteiger partial charge in [-0.05, 0) is 35.6 Å². The van der Waals surface area contributed by atoms with Crippen molar-refractivity contribution in [2.45, 2.75) is 25.4 Å². The van der Waals surface area contributed by atoms with Gasteiger partial charge in [-0.15, -0.1) is 0 Å². The van der Waals surface area contributed by atoms with Gasteiger partial charge in [0, 0.05) is 25.7 Å². The molecule has 0 bridgehead atoms. The lowest BCUT2D eigenvalue weighted by atomic mass is 10.0. The predicted molar refractivity (Wildman–Crippen MR) is 114 cm³/mol. The summed E-state index contributed by atoms with van der Waals surface area (Å²) in [7, 11) is 0. The van der Waals surface area contributed by atoms with E-state index in [0.29, 0.717) is 17.4 Å². The number of likely N-dealkylation sites (tertiary alicyclic amines) is 1. The Morgan fingerprint density at radius 2 is 1.83 bits per heavy atom. The minimum Gasteiger partial charge on any atom is -0.382 e. The van der Waals surface area contributed by atoms with Crippen LogP contribution in [0.4, 0.5) is 5.82 Å². The van der Waals surface area contributed by atoms with Gasteiger partial charge in [-0.1, -0.05) is 48.5 Å². The molecule has 0 unspecified atom stereocenters. The number of fused-ring (bicyclic) bond motifs is 1. The number of aromatic nitrogens is 4. The summed E-state index contributed by atoms with van der Waals surface area (Å²) < 4.78 is 2.16. The minimum atomic E-state index is 0.404. The Hall–Kier alpha value is -3.25. The Balaban J connectivity index is 1.22. The molecule has 4 aromatic rings. The zero-order chi connectivity index (χ0) is 19.6. The summed E-state index contributed by atoms with van der Waals surface area (Å²) >= 11 is 0. The fourth-order valence-corrected chi connectivity index (χ4v) is 4.11. The van der Waals surface area contributed by atoms with E-state index in [4.69, 9.17) is 5.73 Å². The topological polar surface area (TPSA) is 72.9 Å². The van der Waals surface area contributed by atoms with Crippen LogP contribution >= 0.6 is 0 Å². The SMILES string of the molecule is Nc1ncnc2c1ncn2C1CCN(Cc2ccc(-c3[c]cccc3)cc2)CC1. The highest BCUT2D eigenvalue weighted by atomic mass is 15.2. The Kier molecular flexibility index (Phi) is 4.69. The fraction of sp³-hybridized carbons (Fsp3) is 0.261. The fourth-order valence-electron chi connectivity index (χ4n) is 4.11. The highest BCUT2D eigenvalue weighted by Gasteiger charge is 2.23. The van der Waals surface area contributed by atoms with Crippen LogP contribution in [-0.4, -0.2) is 37.5 Å². The molecule has 1 fully saturated rings. The first-order chi connectivity index (χ1) is 14.3. The summed E-state index contributed by atoms with van der Waals surface area (Å²) in [5.41, 5.74) is 11.1. The molecule has 2 aromatic carbocycles. The summed E-state index contributed by atoms with van der Waals surface area (Å²) in [6, 6.07) is 20.6. The van der Waals surface area contributed by atoms with Gasteiger partial charge >= 0.3 is 0 Å². The van der Waals surface area contributed by atoms with Crippen molar-refractivity contribution >= 4 is 17.0 Å². The summed E-state index contributed by atoms with van der Waals surface area (Å²) in [5.74, 6) is 0.447. The lowest BCUT2D eigenvalue weighted by molar-refractivity contribution is 0.181. The van der Waals surface area contributed by atoms with Crippen molar-refractivity contribution in [3.05, 3.63) is 72.8 Å². The Morgan fingerprint density at radius 3 is 2.59 bits per heavy atom. The molecule has 29 heavy (non-hydrogen) atoms. The van der Waals surface area contributed by atoms with Gasteiger partial charge in [-0.2, -0.15) is 0 Å². The van der Waals surface area contributed by atoms with Gasteiger partial charge in [-0.3, -0.25) is 4.90 Å². The Bertz CT molecular complexity index is 1100. The maximum absolute atomic E-state index is 5.92. The highest BCUT2D eigenvalue weighted by Crippen LogP contribution is 2.28. The summed E-state index contributed by atoms with van der Waals surface area (Å²) in [6.45, 7) is 3.09. The number of rotatable bonds is 4. The molecular formula is C23H23N6. The third kappa shape index (κ3) is 3.59. The number of anilines is 1. The molecule has 1 saturated heterocycles. The van der Waals surface area contributed by atoms with Crippen molar-refractivity contribution in [2.75, 3.05) is 18.8 Å².